The third-order valence-corrected chi connectivity index (χ3v) is 6.01. The lowest BCUT2D eigenvalue weighted by atomic mass is 9.97. The number of para-hydroxylation sites is 1. The zero-order valence-corrected chi connectivity index (χ0v) is 16.4. The van der Waals surface area contributed by atoms with E-state index in [1.807, 2.05) is 18.2 Å². The van der Waals surface area contributed by atoms with Gasteiger partial charge in [0.15, 0.2) is 0 Å². The monoisotopic (exact) mass is 385 g/mol. The Labute approximate surface area is 163 Å². The molecule has 2 fully saturated rings. The minimum atomic E-state index is -0.654. The number of nitrogens with one attached hydrogen (secondary N) is 2. The molecule has 2 aromatic rings. The molecule has 1 unspecified atom stereocenters. The molecule has 1 aromatic heterocycles. The van der Waals surface area contributed by atoms with Crippen LogP contribution in [0.1, 0.15) is 31.7 Å². The Morgan fingerprint density at radius 2 is 1.89 bits per heavy atom. The highest BCUT2D eigenvalue weighted by Crippen LogP contribution is 2.30. The van der Waals surface area contributed by atoms with Gasteiger partial charge in [0.25, 0.3) is 0 Å². The van der Waals surface area contributed by atoms with Gasteiger partial charge in [-0.25, -0.2) is 4.79 Å². The second kappa shape index (κ2) is 7.43. The quantitative estimate of drug-likeness (QED) is 0.759. The molecule has 1 aromatic carbocycles. The first-order valence-corrected chi connectivity index (χ1v) is 9.93. The number of anilines is 1. The van der Waals surface area contributed by atoms with Gasteiger partial charge in [-0.3, -0.25) is 24.0 Å². The highest BCUT2D eigenvalue weighted by molar-refractivity contribution is 6.00. The number of nitrogens with zero attached hydrogens (tertiary/aromatic N) is 3. The fourth-order valence-electron chi connectivity index (χ4n) is 4.51. The largest absolute Gasteiger partial charge is 0.373 e. The van der Waals surface area contributed by atoms with E-state index in [4.69, 9.17) is 0 Å². The van der Waals surface area contributed by atoms with Crippen LogP contribution in [0.5, 0.6) is 0 Å². The highest BCUT2D eigenvalue weighted by atomic mass is 16.2. The minimum Gasteiger partial charge on any atom is -0.373 e. The third kappa shape index (κ3) is 3.22. The molecule has 0 aliphatic carbocycles. The van der Waals surface area contributed by atoms with E-state index < -0.39 is 11.9 Å². The molecule has 3 heterocycles. The summed E-state index contributed by atoms with van der Waals surface area (Å²) >= 11 is 0. The van der Waals surface area contributed by atoms with Crippen LogP contribution in [-0.2, 0) is 16.6 Å². The van der Waals surface area contributed by atoms with Crippen molar-refractivity contribution in [2.45, 2.75) is 31.7 Å². The van der Waals surface area contributed by atoms with Crippen molar-refractivity contribution in [3.8, 4) is 0 Å². The zero-order chi connectivity index (χ0) is 19.8. The van der Waals surface area contributed by atoms with Crippen LogP contribution < -0.4 is 21.2 Å². The topological polar surface area (TPSA) is 88.4 Å². The summed E-state index contributed by atoms with van der Waals surface area (Å²) in [5, 5.41) is 5.75. The van der Waals surface area contributed by atoms with Gasteiger partial charge in [-0.1, -0.05) is 6.07 Å². The molecule has 2 saturated heterocycles. The first-order chi connectivity index (χ1) is 13.5. The molecule has 28 heavy (non-hydrogen) atoms. The number of carbonyl (C=O) groups is 2. The number of hydrogen-bond donors (Lipinski definition) is 2. The Morgan fingerprint density at radius 1 is 1.14 bits per heavy atom. The SMILES string of the molecule is CN(CC1CCNCC1)c1cccc2c1n(C)c(=O)n2C1CCC(=O)NC1=O. The van der Waals surface area contributed by atoms with E-state index in [1.54, 1.807) is 16.2 Å². The van der Waals surface area contributed by atoms with Gasteiger partial charge in [0.05, 0.1) is 16.7 Å². The van der Waals surface area contributed by atoms with Gasteiger partial charge in [-0.2, -0.15) is 0 Å². The summed E-state index contributed by atoms with van der Waals surface area (Å²) in [7, 11) is 3.81. The van der Waals surface area contributed by atoms with Crippen LogP contribution in [0.15, 0.2) is 23.0 Å². The van der Waals surface area contributed by atoms with Gasteiger partial charge < -0.3 is 10.2 Å². The molecule has 0 radical (unpaired) electrons. The lowest BCUT2D eigenvalue weighted by Crippen LogP contribution is -2.44. The number of imidazole rings is 1. The molecule has 8 nitrogen and oxygen atoms in total. The maximum absolute atomic E-state index is 13.0. The number of aryl methyl sites for hydroxylation is 1. The van der Waals surface area contributed by atoms with E-state index in [0.29, 0.717) is 12.3 Å². The van der Waals surface area contributed by atoms with Crippen LogP contribution in [0.25, 0.3) is 11.0 Å². The van der Waals surface area contributed by atoms with E-state index in [1.165, 1.54) is 0 Å². The van der Waals surface area contributed by atoms with Crippen LogP contribution in [0.3, 0.4) is 0 Å². The molecular formula is C20H27N5O3. The molecule has 0 bridgehead atoms. The molecular weight excluding hydrogens is 358 g/mol. The minimum absolute atomic E-state index is 0.229. The van der Waals surface area contributed by atoms with Crippen molar-refractivity contribution < 1.29 is 9.59 Å². The molecule has 0 spiro atoms. The highest BCUT2D eigenvalue weighted by Gasteiger charge is 2.32. The van der Waals surface area contributed by atoms with Crippen molar-refractivity contribution in [2.24, 2.45) is 13.0 Å². The molecule has 0 saturated carbocycles. The molecule has 150 valence electrons. The number of rotatable bonds is 4. The molecule has 2 N–H and O–H groups in total. The van der Waals surface area contributed by atoms with Crippen molar-refractivity contribution in [3.05, 3.63) is 28.7 Å². The maximum Gasteiger partial charge on any atom is 0.329 e. The lowest BCUT2D eigenvalue weighted by molar-refractivity contribution is -0.135. The second-order valence-corrected chi connectivity index (χ2v) is 7.90. The first-order valence-electron chi connectivity index (χ1n) is 9.93. The summed E-state index contributed by atoms with van der Waals surface area (Å²) in [5.74, 6) is -0.0630. The molecule has 8 heteroatoms. The summed E-state index contributed by atoms with van der Waals surface area (Å²) in [4.78, 5) is 39.1. The summed E-state index contributed by atoms with van der Waals surface area (Å²) < 4.78 is 3.16. The fraction of sp³-hybridized carbons (Fsp3) is 0.550. The van der Waals surface area contributed by atoms with Gasteiger partial charge in [-0.15, -0.1) is 0 Å². The number of hydrogen-bond acceptors (Lipinski definition) is 5. The second-order valence-electron chi connectivity index (χ2n) is 7.90. The summed E-state index contributed by atoms with van der Waals surface area (Å²) in [5.41, 5.74) is 2.32. The van der Waals surface area contributed by atoms with E-state index in [0.717, 1.165) is 49.2 Å². The number of amides is 2. The van der Waals surface area contributed by atoms with Gasteiger partial charge >= 0.3 is 5.69 Å². The number of piperidine rings is 2. The molecule has 2 aliphatic heterocycles. The van der Waals surface area contributed by atoms with E-state index in [2.05, 4.69) is 22.6 Å². The first kappa shape index (κ1) is 18.7. The van der Waals surface area contributed by atoms with E-state index >= 15 is 0 Å². The Balaban J connectivity index is 1.73. The summed E-state index contributed by atoms with van der Waals surface area (Å²) in [6.07, 6.45) is 2.89. The van der Waals surface area contributed by atoms with Crippen LogP contribution in [0, 0.1) is 5.92 Å². The predicted molar refractivity (Wildman–Crippen MR) is 107 cm³/mol. The van der Waals surface area contributed by atoms with Gasteiger partial charge in [0.2, 0.25) is 11.8 Å². The average Bonchev–Trinajstić information content (AvgIpc) is 2.94. The molecule has 1 atom stereocenters. The van der Waals surface area contributed by atoms with Crippen molar-refractivity contribution in [1.82, 2.24) is 19.8 Å². The number of benzene rings is 1. The maximum atomic E-state index is 13.0. The molecule has 2 amide bonds. The standard InChI is InChI=1S/C20H27N5O3/c1-23(12-13-8-10-21-11-9-13)14-4-3-5-15-18(14)24(2)20(28)25(15)16-6-7-17(26)22-19(16)27/h3-5,13,16,21H,6-12H2,1-2H3,(H,22,26,27). The average molecular weight is 385 g/mol. The third-order valence-electron chi connectivity index (χ3n) is 6.01. The Morgan fingerprint density at radius 3 is 2.61 bits per heavy atom. The lowest BCUT2D eigenvalue weighted by Gasteiger charge is -2.29. The fourth-order valence-corrected chi connectivity index (χ4v) is 4.51. The number of carbonyl (C=O) groups excluding carboxylic acids is 2. The molecule has 4 rings (SSSR count). The number of fused-ring (bicyclic) bond motifs is 1. The van der Waals surface area contributed by atoms with Crippen LogP contribution in [0.2, 0.25) is 0 Å². The van der Waals surface area contributed by atoms with Gasteiger partial charge in [-0.05, 0) is 50.4 Å². The number of imide groups is 1. The normalized spacial score (nSPS) is 21.1. The van der Waals surface area contributed by atoms with Crippen LogP contribution in [-0.4, -0.2) is 47.6 Å². The smallest absolute Gasteiger partial charge is 0.329 e. The van der Waals surface area contributed by atoms with Crippen molar-refractivity contribution >= 4 is 28.5 Å². The van der Waals surface area contributed by atoms with Gasteiger partial charge in [0.1, 0.15) is 6.04 Å². The Hall–Kier alpha value is -2.61. The van der Waals surface area contributed by atoms with E-state index in [-0.39, 0.29) is 18.0 Å². The van der Waals surface area contributed by atoms with Crippen molar-refractivity contribution in [1.29, 1.82) is 0 Å². The van der Waals surface area contributed by atoms with Gasteiger partial charge in [0, 0.05) is 27.1 Å². The predicted octanol–water partition coefficient (Wildman–Crippen LogP) is 0.754. The Bertz CT molecular complexity index is 970. The molecule has 2 aliphatic rings. The summed E-state index contributed by atoms with van der Waals surface area (Å²) in [6, 6.07) is 5.18. The van der Waals surface area contributed by atoms with Crippen LogP contribution in [0.4, 0.5) is 5.69 Å². The van der Waals surface area contributed by atoms with Crippen molar-refractivity contribution in [3.63, 3.8) is 0 Å². The van der Waals surface area contributed by atoms with Crippen LogP contribution >= 0.6 is 0 Å². The summed E-state index contributed by atoms with van der Waals surface area (Å²) in [6.45, 7) is 3.03. The Kier molecular flexibility index (Phi) is 4.97. The van der Waals surface area contributed by atoms with Crippen molar-refractivity contribution in [2.75, 3.05) is 31.6 Å². The zero-order valence-electron chi connectivity index (χ0n) is 16.4. The number of aromatic nitrogens is 2. The van der Waals surface area contributed by atoms with E-state index in [9.17, 15) is 14.4 Å².